The summed E-state index contributed by atoms with van der Waals surface area (Å²) in [5.74, 6) is 1.48. The van der Waals surface area contributed by atoms with E-state index >= 15 is 0 Å². The fraction of sp³-hybridized carbons (Fsp3) is 0.900. The summed E-state index contributed by atoms with van der Waals surface area (Å²) in [4.78, 5) is 13.7. The normalized spacial score (nSPS) is 33.1. The van der Waals surface area contributed by atoms with E-state index in [0.29, 0.717) is 11.8 Å². The van der Waals surface area contributed by atoms with Gasteiger partial charge in [0.2, 0.25) is 5.91 Å². The minimum Gasteiger partial charge on any atom is -0.341 e. The van der Waals surface area contributed by atoms with E-state index in [0.717, 1.165) is 32.6 Å². The molecule has 2 fully saturated rings. The third-order valence-electron chi connectivity index (χ3n) is 3.46. The second kappa shape index (κ2) is 3.87. The van der Waals surface area contributed by atoms with Gasteiger partial charge in [-0.1, -0.05) is 6.92 Å². The van der Waals surface area contributed by atoms with E-state index in [1.54, 1.807) is 0 Å². The minimum atomic E-state index is -0.290. The van der Waals surface area contributed by atoms with Crippen molar-refractivity contribution in [1.82, 2.24) is 10.2 Å². The summed E-state index contributed by atoms with van der Waals surface area (Å²) >= 11 is 0. The van der Waals surface area contributed by atoms with E-state index < -0.39 is 0 Å². The van der Waals surface area contributed by atoms with Crippen LogP contribution in [0.4, 0.5) is 0 Å². The van der Waals surface area contributed by atoms with Crippen LogP contribution >= 0.6 is 0 Å². The maximum atomic E-state index is 11.8. The highest BCUT2D eigenvalue weighted by atomic mass is 16.2. The molecule has 0 aromatic rings. The molecule has 80 valence electrons. The Hall–Kier alpha value is -0.610. The lowest BCUT2D eigenvalue weighted by atomic mass is 10.0. The SMILES string of the molecule is CC[C@@H](N)C(=O)N1C[C@H]2CNC[C@H]2C1. The van der Waals surface area contributed by atoms with Gasteiger partial charge in [-0.05, 0) is 18.3 Å². The zero-order valence-electron chi connectivity index (χ0n) is 8.70. The van der Waals surface area contributed by atoms with Crippen molar-refractivity contribution in [1.29, 1.82) is 0 Å². The van der Waals surface area contributed by atoms with E-state index in [1.807, 2.05) is 11.8 Å². The first kappa shape index (κ1) is 9.93. The maximum Gasteiger partial charge on any atom is 0.239 e. The van der Waals surface area contributed by atoms with Gasteiger partial charge in [0.15, 0.2) is 0 Å². The number of nitrogens with two attached hydrogens (primary N) is 1. The molecule has 0 aromatic heterocycles. The molecule has 2 aliphatic rings. The van der Waals surface area contributed by atoms with Crippen molar-refractivity contribution in [3.8, 4) is 0 Å². The standard InChI is InChI=1S/C10H19N3O/c1-2-9(11)10(14)13-5-7-3-12-4-8(7)6-13/h7-9,12H,2-6,11H2,1H3/t7-,8+,9-/m1/s1. The van der Waals surface area contributed by atoms with Crippen LogP contribution in [-0.4, -0.2) is 43.0 Å². The molecule has 0 bridgehead atoms. The number of hydrogen-bond acceptors (Lipinski definition) is 3. The van der Waals surface area contributed by atoms with Gasteiger partial charge >= 0.3 is 0 Å². The third kappa shape index (κ3) is 1.64. The molecule has 2 saturated heterocycles. The topological polar surface area (TPSA) is 58.4 Å². The molecule has 2 heterocycles. The first-order valence-corrected chi connectivity index (χ1v) is 5.47. The fourth-order valence-electron chi connectivity index (χ4n) is 2.44. The second-order valence-corrected chi connectivity index (χ2v) is 4.44. The molecule has 3 atom stereocenters. The molecule has 0 unspecified atom stereocenters. The Labute approximate surface area is 84.8 Å². The van der Waals surface area contributed by atoms with Crippen LogP contribution in [0.2, 0.25) is 0 Å². The van der Waals surface area contributed by atoms with E-state index in [2.05, 4.69) is 5.32 Å². The molecular formula is C10H19N3O. The van der Waals surface area contributed by atoms with Crippen LogP contribution in [0.15, 0.2) is 0 Å². The van der Waals surface area contributed by atoms with Gasteiger partial charge in [0.05, 0.1) is 6.04 Å². The molecule has 0 aliphatic carbocycles. The van der Waals surface area contributed by atoms with Crippen molar-refractivity contribution in [3.05, 3.63) is 0 Å². The summed E-state index contributed by atoms with van der Waals surface area (Å²) in [6, 6.07) is -0.290. The van der Waals surface area contributed by atoms with Crippen molar-refractivity contribution in [2.75, 3.05) is 26.2 Å². The third-order valence-corrected chi connectivity index (χ3v) is 3.46. The zero-order valence-corrected chi connectivity index (χ0v) is 8.70. The van der Waals surface area contributed by atoms with Gasteiger partial charge in [0.1, 0.15) is 0 Å². The second-order valence-electron chi connectivity index (χ2n) is 4.44. The number of likely N-dealkylation sites (tertiary alicyclic amines) is 1. The number of hydrogen-bond donors (Lipinski definition) is 2. The highest BCUT2D eigenvalue weighted by Gasteiger charge is 2.38. The van der Waals surface area contributed by atoms with Crippen LogP contribution in [0.5, 0.6) is 0 Å². The summed E-state index contributed by atoms with van der Waals surface area (Å²) in [6.45, 7) is 5.90. The van der Waals surface area contributed by atoms with Gasteiger partial charge in [-0.2, -0.15) is 0 Å². The predicted octanol–water partition coefficient (Wildman–Crippen LogP) is -0.598. The lowest BCUT2D eigenvalue weighted by Gasteiger charge is -2.20. The molecule has 4 heteroatoms. The molecule has 0 aromatic carbocycles. The molecule has 0 radical (unpaired) electrons. The molecule has 3 N–H and O–H groups in total. The van der Waals surface area contributed by atoms with Gasteiger partial charge in [0.25, 0.3) is 0 Å². The molecule has 14 heavy (non-hydrogen) atoms. The molecular weight excluding hydrogens is 178 g/mol. The predicted molar refractivity (Wildman–Crippen MR) is 54.7 cm³/mol. The molecule has 1 amide bonds. The lowest BCUT2D eigenvalue weighted by molar-refractivity contribution is -0.131. The number of carbonyl (C=O) groups excluding carboxylic acids is 1. The van der Waals surface area contributed by atoms with Crippen LogP contribution in [0, 0.1) is 11.8 Å². The smallest absolute Gasteiger partial charge is 0.239 e. The Morgan fingerprint density at radius 3 is 2.57 bits per heavy atom. The van der Waals surface area contributed by atoms with Crippen molar-refractivity contribution in [2.24, 2.45) is 17.6 Å². The van der Waals surface area contributed by atoms with Crippen LogP contribution in [-0.2, 0) is 4.79 Å². The number of rotatable bonds is 2. The Morgan fingerprint density at radius 2 is 2.07 bits per heavy atom. The quantitative estimate of drug-likeness (QED) is 0.621. The summed E-state index contributed by atoms with van der Waals surface area (Å²) < 4.78 is 0. The van der Waals surface area contributed by atoms with Crippen LogP contribution < -0.4 is 11.1 Å². The van der Waals surface area contributed by atoms with Gasteiger partial charge in [-0.15, -0.1) is 0 Å². The van der Waals surface area contributed by atoms with Crippen LogP contribution in [0.1, 0.15) is 13.3 Å². The van der Waals surface area contributed by atoms with Crippen molar-refractivity contribution in [2.45, 2.75) is 19.4 Å². The van der Waals surface area contributed by atoms with Crippen molar-refractivity contribution >= 4 is 5.91 Å². The summed E-state index contributed by atoms with van der Waals surface area (Å²) in [5, 5.41) is 3.36. The van der Waals surface area contributed by atoms with E-state index in [4.69, 9.17) is 5.73 Å². The van der Waals surface area contributed by atoms with E-state index in [9.17, 15) is 4.79 Å². The van der Waals surface area contributed by atoms with Gasteiger partial charge in [-0.3, -0.25) is 4.79 Å². The van der Waals surface area contributed by atoms with Gasteiger partial charge in [-0.25, -0.2) is 0 Å². The average molecular weight is 197 g/mol. The summed E-state index contributed by atoms with van der Waals surface area (Å²) in [7, 11) is 0. The number of nitrogens with one attached hydrogen (secondary N) is 1. The van der Waals surface area contributed by atoms with Gasteiger partial charge in [0, 0.05) is 26.2 Å². The first-order valence-electron chi connectivity index (χ1n) is 5.47. The minimum absolute atomic E-state index is 0.141. The Bertz CT molecular complexity index is 219. The maximum absolute atomic E-state index is 11.8. The first-order chi connectivity index (χ1) is 6.72. The highest BCUT2D eigenvalue weighted by molar-refractivity contribution is 5.81. The average Bonchev–Trinajstić information content (AvgIpc) is 2.74. The van der Waals surface area contributed by atoms with Crippen molar-refractivity contribution in [3.63, 3.8) is 0 Å². The van der Waals surface area contributed by atoms with E-state index in [-0.39, 0.29) is 11.9 Å². The largest absolute Gasteiger partial charge is 0.341 e. The Balaban J connectivity index is 1.92. The summed E-state index contributed by atoms with van der Waals surface area (Å²) in [5.41, 5.74) is 5.74. The zero-order chi connectivity index (χ0) is 10.1. The Kier molecular flexibility index (Phi) is 2.74. The molecule has 2 aliphatic heterocycles. The monoisotopic (exact) mass is 197 g/mol. The number of nitrogens with zero attached hydrogens (tertiary/aromatic N) is 1. The fourth-order valence-corrected chi connectivity index (χ4v) is 2.44. The molecule has 2 rings (SSSR count). The van der Waals surface area contributed by atoms with Crippen LogP contribution in [0.25, 0.3) is 0 Å². The lowest BCUT2D eigenvalue weighted by Crippen LogP contribution is -2.43. The van der Waals surface area contributed by atoms with Crippen molar-refractivity contribution < 1.29 is 4.79 Å². The highest BCUT2D eigenvalue weighted by Crippen LogP contribution is 2.26. The number of amides is 1. The van der Waals surface area contributed by atoms with Gasteiger partial charge < -0.3 is 16.0 Å². The number of fused-ring (bicyclic) bond motifs is 1. The number of carbonyl (C=O) groups is 1. The Morgan fingerprint density at radius 1 is 1.50 bits per heavy atom. The molecule has 0 spiro atoms. The summed E-state index contributed by atoms with van der Waals surface area (Å²) in [6.07, 6.45) is 0.739. The van der Waals surface area contributed by atoms with E-state index in [1.165, 1.54) is 0 Å². The molecule has 4 nitrogen and oxygen atoms in total. The van der Waals surface area contributed by atoms with Crippen LogP contribution in [0.3, 0.4) is 0 Å². The molecule has 0 saturated carbocycles.